The molecule has 18 heavy (non-hydrogen) atoms. The third-order valence-electron chi connectivity index (χ3n) is 3.16. The van der Waals surface area contributed by atoms with Gasteiger partial charge in [-0.1, -0.05) is 0 Å². The van der Waals surface area contributed by atoms with Gasteiger partial charge in [0.15, 0.2) is 0 Å². The topological polar surface area (TPSA) is 59.2 Å². The Morgan fingerprint density at radius 2 is 2.22 bits per heavy atom. The second-order valence-corrected chi connectivity index (χ2v) is 4.71. The first-order chi connectivity index (χ1) is 8.18. The van der Waals surface area contributed by atoms with Gasteiger partial charge in [-0.15, -0.1) is 12.4 Å². The molecule has 1 aliphatic heterocycles. The zero-order valence-electron chi connectivity index (χ0n) is 10.6. The van der Waals surface area contributed by atoms with Crippen LogP contribution < -0.4 is 5.73 Å². The number of carbonyl (C=O) groups is 1. The van der Waals surface area contributed by atoms with E-state index in [0.717, 1.165) is 19.4 Å². The zero-order chi connectivity index (χ0) is 12.3. The third-order valence-corrected chi connectivity index (χ3v) is 3.16. The van der Waals surface area contributed by atoms with Crippen molar-refractivity contribution in [2.24, 2.45) is 5.73 Å². The number of likely N-dealkylation sites (tertiary alicyclic amines) is 1. The van der Waals surface area contributed by atoms with E-state index in [1.165, 1.54) is 5.56 Å². The van der Waals surface area contributed by atoms with Crippen LogP contribution in [0.1, 0.15) is 37.8 Å². The van der Waals surface area contributed by atoms with Crippen LogP contribution in [-0.4, -0.2) is 28.4 Å². The number of rotatable bonds is 3. The monoisotopic (exact) mass is 269 g/mol. The molecule has 1 fully saturated rings. The maximum atomic E-state index is 12.1. The number of nitrogens with two attached hydrogens (primary N) is 1. The van der Waals surface area contributed by atoms with Crippen molar-refractivity contribution in [1.29, 1.82) is 0 Å². The SMILES string of the molecule is CC(N)CC(=O)N1CCCC1c1ccncc1.Cl. The van der Waals surface area contributed by atoms with Crippen LogP contribution in [0.3, 0.4) is 0 Å². The minimum absolute atomic E-state index is 0. The molecule has 0 aliphatic carbocycles. The van der Waals surface area contributed by atoms with E-state index in [1.54, 1.807) is 12.4 Å². The highest BCUT2D eigenvalue weighted by atomic mass is 35.5. The molecule has 0 bridgehead atoms. The quantitative estimate of drug-likeness (QED) is 0.912. The van der Waals surface area contributed by atoms with Crippen LogP contribution in [0.15, 0.2) is 24.5 Å². The van der Waals surface area contributed by atoms with E-state index in [1.807, 2.05) is 24.0 Å². The average molecular weight is 270 g/mol. The van der Waals surface area contributed by atoms with Gasteiger partial charge in [-0.05, 0) is 37.5 Å². The molecule has 1 amide bonds. The molecular formula is C13H20ClN3O. The maximum Gasteiger partial charge on any atom is 0.224 e. The molecule has 0 aromatic carbocycles. The van der Waals surface area contributed by atoms with Gasteiger partial charge in [0, 0.05) is 31.4 Å². The van der Waals surface area contributed by atoms with Crippen LogP contribution in [0, 0.1) is 0 Å². The molecule has 0 saturated carbocycles. The van der Waals surface area contributed by atoms with E-state index in [4.69, 9.17) is 5.73 Å². The number of halogens is 1. The second kappa shape index (κ2) is 6.71. The normalized spacial score (nSPS) is 20.3. The van der Waals surface area contributed by atoms with Gasteiger partial charge in [0.05, 0.1) is 6.04 Å². The number of hydrogen-bond acceptors (Lipinski definition) is 3. The number of pyridine rings is 1. The van der Waals surface area contributed by atoms with Crippen molar-refractivity contribution < 1.29 is 4.79 Å². The molecule has 2 unspecified atom stereocenters. The minimum Gasteiger partial charge on any atom is -0.336 e. The fourth-order valence-electron chi connectivity index (χ4n) is 2.39. The lowest BCUT2D eigenvalue weighted by atomic mass is 10.1. The van der Waals surface area contributed by atoms with Gasteiger partial charge in [-0.2, -0.15) is 0 Å². The second-order valence-electron chi connectivity index (χ2n) is 4.71. The first-order valence-electron chi connectivity index (χ1n) is 6.13. The lowest BCUT2D eigenvalue weighted by Gasteiger charge is -2.25. The van der Waals surface area contributed by atoms with Crippen molar-refractivity contribution in [2.75, 3.05) is 6.54 Å². The van der Waals surface area contributed by atoms with Gasteiger partial charge in [-0.25, -0.2) is 0 Å². The van der Waals surface area contributed by atoms with Gasteiger partial charge in [0.1, 0.15) is 0 Å². The van der Waals surface area contributed by atoms with E-state index >= 15 is 0 Å². The fraction of sp³-hybridized carbons (Fsp3) is 0.538. The summed E-state index contributed by atoms with van der Waals surface area (Å²) in [5, 5.41) is 0. The Morgan fingerprint density at radius 1 is 1.56 bits per heavy atom. The molecule has 100 valence electrons. The smallest absolute Gasteiger partial charge is 0.224 e. The Labute approximate surface area is 114 Å². The predicted octanol–water partition coefficient (Wildman–Crippen LogP) is 1.90. The molecule has 0 radical (unpaired) electrons. The van der Waals surface area contributed by atoms with Crippen LogP contribution in [0.2, 0.25) is 0 Å². The van der Waals surface area contributed by atoms with Crippen molar-refractivity contribution in [2.45, 2.75) is 38.3 Å². The summed E-state index contributed by atoms with van der Waals surface area (Å²) in [5.41, 5.74) is 6.86. The Bertz CT molecular complexity index is 383. The summed E-state index contributed by atoms with van der Waals surface area (Å²) in [6.45, 7) is 2.72. The highest BCUT2D eigenvalue weighted by Crippen LogP contribution is 2.31. The molecule has 1 aliphatic rings. The highest BCUT2D eigenvalue weighted by Gasteiger charge is 2.29. The largest absolute Gasteiger partial charge is 0.336 e. The van der Waals surface area contributed by atoms with Crippen molar-refractivity contribution in [3.63, 3.8) is 0 Å². The molecule has 2 N–H and O–H groups in total. The third kappa shape index (κ3) is 3.43. The van der Waals surface area contributed by atoms with Gasteiger partial charge in [0.2, 0.25) is 5.91 Å². The Hall–Kier alpha value is -1.13. The number of aromatic nitrogens is 1. The first-order valence-corrected chi connectivity index (χ1v) is 6.13. The van der Waals surface area contributed by atoms with E-state index < -0.39 is 0 Å². The van der Waals surface area contributed by atoms with Crippen molar-refractivity contribution >= 4 is 18.3 Å². The Kier molecular flexibility index (Phi) is 5.56. The molecule has 5 heteroatoms. The molecule has 2 atom stereocenters. The summed E-state index contributed by atoms with van der Waals surface area (Å²) < 4.78 is 0. The van der Waals surface area contributed by atoms with Crippen LogP contribution in [0.4, 0.5) is 0 Å². The lowest BCUT2D eigenvalue weighted by molar-refractivity contribution is -0.132. The molecule has 2 heterocycles. The molecule has 0 spiro atoms. The Balaban J connectivity index is 0.00000162. The van der Waals surface area contributed by atoms with E-state index in [0.29, 0.717) is 6.42 Å². The summed E-state index contributed by atoms with van der Waals surface area (Å²) in [4.78, 5) is 18.0. The van der Waals surface area contributed by atoms with Crippen LogP contribution in [0.25, 0.3) is 0 Å². The first kappa shape index (κ1) is 14.9. The van der Waals surface area contributed by atoms with Gasteiger partial charge >= 0.3 is 0 Å². The van der Waals surface area contributed by atoms with E-state index in [-0.39, 0.29) is 30.4 Å². The number of amides is 1. The lowest BCUT2D eigenvalue weighted by Crippen LogP contribution is -2.34. The zero-order valence-corrected chi connectivity index (χ0v) is 11.4. The van der Waals surface area contributed by atoms with Crippen LogP contribution >= 0.6 is 12.4 Å². The molecule has 2 rings (SSSR count). The molecule has 1 aromatic rings. The summed E-state index contributed by atoms with van der Waals surface area (Å²) >= 11 is 0. The van der Waals surface area contributed by atoms with E-state index in [2.05, 4.69) is 4.98 Å². The standard InChI is InChI=1S/C13H19N3O.ClH/c1-10(14)9-13(17)16-8-2-3-12(16)11-4-6-15-7-5-11;/h4-7,10,12H,2-3,8-9,14H2,1H3;1H. The summed E-state index contributed by atoms with van der Waals surface area (Å²) in [5.74, 6) is 0.166. The van der Waals surface area contributed by atoms with Gasteiger partial charge < -0.3 is 10.6 Å². The minimum atomic E-state index is -0.0683. The molecule has 1 aromatic heterocycles. The van der Waals surface area contributed by atoms with Crippen LogP contribution in [-0.2, 0) is 4.79 Å². The number of hydrogen-bond donors (Lipinski definition) is 1. The summed E-state index contributed by atoms with van der Waals surface area (Å²) in [6.07, 6.45) is 6.09. The molecule has 4 nitrogen and oxygen atoms in total. The predicted molar refractivity (Wildman–Crippen MR) is 73.4 cm³/mol. The maximum absolute atomic E-state index is 12.1. The van der Waals surface area contributed by atoms with Crippen molar-refractivity contribution in [3.8, 4) is 0 Å². The summed E-state index contributed by atoms with van der Waals surface area (Å²) in [7, 11) is 0. The molecule has 1 saturated heterocycles. The van der Waals surface area contributed by atoms with Gasteiger partial charge in [0.25, 0.3) is 0 Å². The van der Waals surface area contributed by atoms with Crippen LogP contribution in [0.5, 0.6) is 0 Å². The van der Waals surface area contributed by atoms with Gasteiger partial charge in [-0.3, -0.25) is 9.78 Å². The number of carbonyl (C=O) groups excluding carboxylic acids is 1. The van der Waals surface area contributed by atoms with Crippen molar-refractivity contribution in [3.05, 3.63) is 30.1 Å². The Morgan fingerprint density at radius 3 is 2.83 bits per heavy atom. The highest BCUT2D eigenvalue weighted by molar-refractivity contribution is 5.85. The summed E-state index contributed by atoms with van der Waals surface area (Å²) in [6, 6.07) is 4.12. The molecular weight excluding hydrogens is 250 g/mol. The number of nitrogens with zero attached hydrogens (tertiary/aromatic N) is 2. The average Bonchev–Trinajstić information content (AvgIpc) is 2.78. The fourth-order valence-corrected chi connectivity index (χ4v) is 2.39. The van der Waals surface area contributed by atoms with E-state index in [9.17, 15) is 4.79 Å². The van der Waals surface area contributed by atoms with Crippen molar-refractivity contribution in [1.82, 2.24) is 9.88 Å².